The minimum atomic E-state index is -4.47. The van der Waals surface area contributed by atoms with E-state index in [1.165, 1.54) is 29.5 Å². The first-order valence-corrected chi connectivity index (χ1v) is 4.83. The zero-order valence-electron chi connectivity index (χ0n) is 7.43. The standard InChI is InChI=1S/C8H5F3INO2/c1-4-2-5(8(9,10)11)3-6(12)7(4)13(14)15/h2-3H,1H3. The quantitative estimate of drug-likeness (QED) is 0.449. The monoisotopic (exact) mass is 331 g/mol. The van der Waals surface area contributed by atoms with E-state index in [1.807, 2.05) is 0 Å². The average molecular weight is 331 g/mol. The Labute approximate surface area is 96.6 Å². The fourth-order valence-electron chi connectivity index (χ4n) is 1.13. The Balaban J connectivity index is 3.39. The number of nitrogens with zero attached hydrogens (tertiary/aromatic N) is 1. The van der Waals surface area contributed by atoms with E-state index in [1.54, 1.807) is 0 Å². The Morgan fingerprint density at radius 2 is 1.93 bits per heavy atom. The van der Waals surface area contributed by atoms with Crippen LogP contribution < -0.4 is 0 Å². The topological polar surface area (TPSA) is 43.1 Å². The molecule has 82 valence electrons. The third kappa shape index (κ3) is 2.58. The Kier molecular flexibility index (Phi) is 3.22. The molecule has 0 unspecified atom stereocenters. The van der Waals surface area contributed by atoms with E-state index in [4.69, 9.17) is 0 Å². The molecule has 0 bridgehead atoms. The van der Waals surface area contributed by atoms with E-state index in [2.05, 4.69) is 0 Å². The zero-order chi connectivity index (χ0) is 11.8. The van der Waals surface area contributed by atoms with Crippen molar-refractivity contribution in [3.63, 3.8) is 0 Å². The molecule has 0 aliphatic carbocycles. The van der Waals surface area contributed by atoms with Gasteiger partial charge in [-0.05, 0) is 41.6 Å². The summed E-state index contributed by atoms with van der Waals surface area (Å²) in [5, 5.41) is 10.5. The molecule has 0 N–H and O–H groups in total. The SMILES string of the molecule is Cc1cc(C(F)(F)F)cc(I)c1[N+](=O)[O-]. The van der Waals surface area contributed by atoms with Crippen LogP contribution in [-0.2, 0) is 6.18 Å². The molecule has 1 aromatic rings. The fourth-order valence-corrected chi connectivity index (χ4v) is 2.09. The molecule has 0 amide bonds. The summed E-state index contributed by atoms with van der Waals surface area (Å²) >= 11 is 1.53. The molecular formula is C8H5F3INO2. The van der Waals surface area contributed by atoms with Gasteiger partial charge >= 0.3 is 6.18 Å². The lowest BCUT2D eigenvalue weighted by Gasteiger charge is -2.08. The zero-order valence-corrected chi connectivity index (χ0v) is 9.59. The highest BCUT2D eigenvalue weighted by molar-refractivity contribution is 14.1. The molecule has 0 fully saturated rings. The summed E-state index contributed by atoms with van der Waals surface area (Å²) in [7, 11) is 0. The highest BCUT2D eigenvalue weighted by Gasteiger charge is 2.33. The van der Waals surface area contributed by atoms with E-state index in [9.17, 15) is 23.3 Å². The summed E-state index contributed by atoms with van der Waals surface area (Å²) < 4.78 is 36.9. The second kappa shape index (κ2) is 3.95. The van der Waals surface area contributed by atoms with Crippen LogP contribution in [0.5, 0.6) is 0 Å². The van der Waals surface area contributed by atoms with Crippen molar-refractivity contribution in [1.29, 1.82) is 0 Å². The van der Waals surface area contributed by atoms with Crippen LogP contribution in [0.2, 0.25) is 0 Å². The average Bonchev–Trinajstić information content (AvgIpc) is 1.99. The van der Waals surface area contributed by atoms with Gasteiger partial charge < -0.3 is 0 Å². The predicted octanol–water partition coefficient (Wildman–Crippen LogP) is 3.53. The molecule has 0 saturated heterocycles. The molecule has 15 heavy (non-hydrogen) atoms. The van der Waals surface area contributed by atoms with Gasteiger partial charge in [0.25, 0.3) is 5.69 Å². The van der Waals surface area contributed by atoms with Crippen LogP contribution in [0.4, 0.5) is 18.9 Å². The van der Waals surface area contributed by atoms with Gasteiger partial charge in [0, 0.05) is 5.56 Å². The van der Waals surface area contributed by atoms with E-state index < -0.39 is 16.7 Å². The van der Waals surface area contributed by atoms with Gasteiger partial charge in [-0.3, -0.25) is 10.1 Å². The highest BCUT2D eigenvalue weighted by Crippen LogP contribution is 2.35. The van der Waals surface area contributed by atoms with Gasteiger partial charge in [0.05, 0.1) is 14.1 Å². The number of alkyl halides is 3. The molecule has 1 aromatic carbocycles. The number of nitro groups is 1. The number of hydrogen-bond donors (Lipinski definition) is 0. The third-order valence-electron chi connectivity index (χ3n) is 1.76. The molecule has 0 aromatic heterocycles. The third-order valence-corrected chi connectivity index (χ3v) is 2.59. The summed E-state index contributed by atoms with van der Waals surface area (Å²) in [6.45, 7) is 1.29. The first-order chi connectivity index (χ1) is 6.73. The summed E-state index contributed by atoms with van der Waals surface area (Å²) in [5.74, 6) is 0. The summed E-state index contributed by atoms with van der Waals surface area (Å²) in [4.78, 5) is 9.84. The van der Waals surface area contributed by atoms with Crippen LogP contribution in [-0.4, -0.2) is 4.92 Å². The second-order valence-electron chi connectivity index (χ2n) is 2.88. The lowest BCUT2D eigenvalue weighted by molar-refractivity contribution is -0.386. The number of halogens is 4. The Morgan fingerprint density at radius 3 is 2.27 bits per heavy atom. The van der Waals surface area contributed by atoms with E-state index in [-0.39, 0.29) is 14.8 Å². The molecule has 0 aliphatic rings. The van der Waals surface area contributed by atoms with Gasteiger partial charge in [0.2, 0.25) is 0 Å². The van der Waals surface area contributed by atoms with Crippen LogP contribution in [0.15, 0.2) is 12.1 Å². The molecule has 1 rings (SSSR count). The summed E-state index contributed by atoms with van der Waals surface area (Å²) in [5.41, 5.74) is -1.13. The maximum Gasteiger partial charge on any atom is 0.416 e. The Morgan fingerprint density at radius 1 is 1.40 bits per heavy atom. The van der Waals surface area contributed by atoms with Crippen molar-refractivity contribution in [3.05, 3.63) is 36.9 Å². The van der Waals surface area contributed by atoms with Crippen LogP contribution in [0.25, 0.3) is 0 Å². The first-order valence-electron chi connectivity index (χ1n) is 3.75. The van der Waals surface area contributed by atoms with Crippen molar-refractivity contribution < 1.29 is 18.1 Å². The number of benzene rings is 1. The van der Waals surface area contributed by atoms with Gasteiger partial charge in [0.1, 0.15) is 0 Å². The van der Waals surface area contributed by atoms with Gasteiger partial charge in [-0.25, -0.2) is 0 Å². The summed E-state index contributed by atoms with van der Waals surface area (Å²) in [6, 6.07) is 1.55. The number of nitro benzene ring substituents is 1. The van der Waals surface area contributed by atoms with Gasteiger partial charge in [-0.1, -0.05) is 0 Å². The fraction of sp³-hybridized carbons (Fsp3) is 0.250. The van der Waals surface area contributed by atoms with Gasteiger partial charge in [0.15, 0.2) is 0 Å². The van der Waals surface area contributed by atoms with Crippen LogP contribution in [0.3, 0.4) is 0 Å². The van der Waals surface area contributed by atoms with Crippen LogP contribution in [0, 0.1) is 20.6 Å². The number of rotatable bonds is 1. The van der Waals surface area contributed by atoms with Crippen molar-refractivity contribution in [3.8, 4) is 0 Å². The Hall–Kier alpha value is -0.860. The van der Waals surface area contributed by atoms with Crippen molar-refractivity contribution in [1.82, 2.24) is 0 Å². The van der Waals surface area contributed by atoms with Crippen molar-refractivity contribution >= 4 is 28.3 Å². The first kappa shape index (κ1) is 12.2. The molecule has 3 nitrogen and oxygen atoms in total. The molecule has 0 spiro atoms. The molecule has 0 aliphatic heterocycles. The van der Waals surface area contributed by atoms with E-state index >= 15 is 0 Å². The van der Waals surface area contributed by atoms with Gasteiger partial charge in [-0.15, -0.1) is 0 Å². The van der Waals surface area contributed by atoms with Gasteiger partial charge in [-0.2, -0.15) is 13.2 Å². The van der Waals surface area contributed by atoms with Crippen molar-refractivity contribution in [2.75, 3.05) is 0 Å². The molecule has 0 saturated carbocycles. The maximum atomic E-state index is 12.3. The smallest absolute Gasteiger partial charge is 0.258 e. The molecule has 7 heteroatoms. The molecule has 0 atom stereocenters. The van der Waals surface area contributed by atoms with Crippen molar-refractivity contribution in [2.45, 2.75) is 13.1 Å². The number of hydrogen-bond acceptors (Lipinski definition) is 2. The molecule has 0 radical (unpaired) electrons. The highest BCUT2D eigenvalue weighted by atomic mass is 127. The van der Waals surface area contributed by atoms with Crippen LogP contribution in [0.1, 0.15) is 11.1 Å². The maximum absolute atomic E-state index is 12.3. The molecule has 0 heterocycles. The largest absolute Gasteiger partial charge is 0.416 e. The van der Waals surface area contributed by atoms with E-state index in [0.29, 0.717) is 0 Å². The van der Waals surface area contributed by atoms with E-state index in [0.717, 1.165) is 12.1 Å². The Bertz CT molecular complexity index is 394. The second-order valence-corrected chi connectivity index (χ2v) is 4.04. The minimum absolute atomic E-state index is 0.00933. The lowest BCUT2D eigenvalue weighted by atomic mass is 10.1. The number of aryl methyl sites for hydroxylation is 1. The summed E-state index contributed by atoms with van der Waals surface area (Å²) in [6.07, 6.45) is -4.47. The molecular weight excluding hydrogens is 326 g/mol. The minimum Gasteiger partial charge on any atom is -0.258 e. The lowest BCUT2D eigenvalue weighted by Crippen LogP contribution is -2.07. The normalized spacial score (nSPS) is 11.5. The predicted molar refractivity (Wildman–Crippen MR) is 55.6 cm³/mol. The van der Waals surface area contributed by atoms with Crippen LogP contribution >= 0.6 is 22.6 Å². The van der Waals surface area contributed by atoms with Crippen molar-refractivity contribution in [2.24, 2.45) is 0 Å².